The van der Waals surface area contributed by atoms with Gasteiger partial charge in [-0.2, -0.15) is 15.0 Å². The summed E-state index contributed by atoms with van der Waals surface area (Å²) in [6.07, 6.45) is 3.44. The van der Waals surface area contributed by atoms with Crippen LogP contribution in [0.1, 0.15) is 31.2 Å². The summed E-state index contributed by atoms with van der Waals surface area (Å²) in [7, 11) is 1.71. The number of H-pyrrole nitrogens is 1. The molecular formula is C18H20FN5O2. The average molecular weight is 357 g/mol. The molecular weight excluding hydrogens is 337 g/mol. The second-order valence-corrected chi connectivity index (χ2v) is 7.02. The zero-order valence-electron chi connectivity index (χ0n) is 14.7. The number of ether oxygens (including phenoxy) is 1. The van der Waals surface area contributed by atoms with Crippen LogP contribution in [0.5, 0.6) is 5.75 Å². The molecule has 1 fully saturated rings. The van der Waals surface area contributed by atoms with Crippen molar-refractivity contribution in [1.29, 1.82) is 0 Å². The van der Waals surface area contributed by atoms with Gasteiger partial charge in [-0.3, -0.25) is 4.79 Å². The van der Waals surface area contributed by atoms with Gasteiger partial charge >= 0.3 is 0 Å². The van der Waals surface area contributed by atoms with Crippen LogP contribution in [0.2, 0.25) is 0 Å². The number of carbonyl (C=O) groups is 1. The summed E-state index contributed by atoms with van der Waals surface area (Å²) in [4.78, 5) is 16.6. The first-order valence-corrected chi connectivity index (χ1v) is 8.50. The van der Waals surface area contributed by atoms with E-state index in [0.717, 1.165) is 29.4 Å². The number of aryl methyl sites for hydroxylation is 1. The lowest BCUT2D eigenvalue weighted by atomic mass is 10.1. The number of nitrogens with one attached hydrogen (secondary N) is 2. The second kappa shape index (κ2) is 6.12. The molecule has 0 unspecified atom stereocenters. The molecule has 1 aliphatic carbocycles. The molecule has 8 heteroatoms. The number of rotatable bonds is 6. The molecule has 1 saturated carbocycles. The number of hydrogen-bond acceptors (Lipinski definition) is 4. The predicted octanol–water partition coefficient (Wildman–Crippen LogP) is 2.43. The predicted molar refractivity (Wildman–Crippen MR) is 92.8 cm³/mol. The van der Waals surface area contributed by atoms with E-state index in [0.29, 0.717) is 12.2 Å². The maximum atomic E-state index is 14.3. The molecule has 2 heterocycles. The van der Waals surface area contributed by atoms with Crippen LogP contribution in [0.4, 0.5) is 4.39 Å². The number of fused-ring (bicyclic) bond motifs is 1. The van der Waals surface area contributed by atoms with Gasteiger partial charge in [0.15, 0.2) is 11.6 Å². The molecule has 1 amide bonds. The molecule has 7 nitrogen and oxygen atoms in total. The van der Waals surface area contributed by atoms with Crippen LogP contribution < -0.4 is 10.1 Å². The van der Waals surface area contributed by atoms with Crippen molar-refractivity contribution in [3.63, 3.8) is 0 Å². The van der Waals surface area contributed by atoms with Gasteiger partial charge in [0.05, 0.1) is 12.7 Å². The number of hydrogen-bond donors (Lipinski definition) is 2. The Morgan fingerprint density at radius 1 is 1.42 bits per heavy atom. The second-order valence-electron chi connectivity index (χ2n) is 7.02. The first kappa shape index (κ1) is 16.6. The molecule has 26 heavy (non-hydrogen) atoms. The van der Waals surface area contributed by atoms with Gasteiger partial charge in [0, 0.05) is 35.1 Å². The Morgan fingerprint density at radius 2 is 2.23 bits per heavy atom. The minimum Gasteiger partial charge on any atom is -0.484 e. The van der Waals surface area contributed by atoms with E-state index in [1.54, 1.807) is 19.3 Å². The quantitative estimate of drug-likeness (QED) is 0.710. The topological polar surface area (TPSA) is 84.8 Å². The van der Waals surface area contributed by atoms with Crippen molar-refractivity contribution in [2.75, 3.05) is 0 Å². The van der Waals surface area contributed by atoms with Crippen LogP contribution in [0, 0.1) is 11.2 Å². The van der Waals surface area contributed by atoms with Gasteiger partial charge in [-0.15, -0.1) is 0 Å². The smallest absolute Gasteiger partial charge is 0.226 e. The van der Waals surface area contributed by atoms with E-state index in [-0.39, 0.29) is 23.7 Å². The average Bonchev–Trinajstić information content (AvgIpc) is 3.04. The van der Waals surface area contributed by atoms with Crippen molar-refractivity contribution >= 4 is 16.8 Å². The Kier molecular flexibility index (Phi) is 3.90. The Hall–Kier alpha value is -2.90. The van der Waals surface area contributed by atoms with E-state index in [9.17, 15) is 9.18 Å². The van der Waals surface area contributed by atoms with E-state index in [4.69, 9.17) is 4.74 Å². The number of benzene rings is 1. The molecule has 0 aliphatic heterocycles. The molecule has 0 saturated heterocycles. The normalized spacial score (nSPS) is 15.2. The lowest BCUT2D eigenvalue weighted by molar-refractivity contribution is -0.125. The zero-order valence-corrected chi connectivity index (χ0v) is 14.7. The third-order valence-corrected chi connectivity index (χ3v) is 4.74. The highest BCUT2D eigenvalue weighted by Crippen LogP contribution is 2.45. The third kappa shape index (κ3) is 3.26. The summed E-state index contributed by atoms with van der Waals surface area (Å²) in [6, 6.07) is 4.88. The van der Waals surface area contributed by atoms with Crippen molar-refractivity contribution in [3.05, 3.63) is 41.6 Å². The summed E-state index contributed by atoms with van der Waals surface area (Å²) in [6.45, 7) is 2.49. The fourth-order valence-electron chi connectivity index (χ4n) is 2.81. The number of carbonyl (C=O) groups excluding carboxylic acids is 1. The highest BCUT2D eigenvalue weighted by Gasteiger charge is 2.44. The van der Waals surface area contributed by atoms with Crippen molar-refractivity contribution in [2.24, 2.45) is 12.5 Å². The summed E-state index contributed by atoms with van der Waals surface area (Å²) < 4.78 is 19.8. The van der Waals surface area contributed by atoms with E-state index >= 15 is 0 Å². The fraction of sp³-hybridized carbons (Fsp3) is 0.389. The van der Waals surface area contributed by atoms with Gasteiger partial charge in [-0.25, -0.2) is 4.39 Å². The number of aromatic amines is 1. The van der Waals surface area contributed by atoms with Gasteiger partial charge < -0.3 is 15.0 Å². The van der Waals surface area contributed by atoms with E-state index < -0.39 is 5.82 Å². The van der Waals surface area contributed by atoms with Crippen LogP contribution in [0.15, 0.2) is 24.4 Å². The van der Waals surface area contributed by atoms with E-state index in [1.807, 2.05) is 13.0 Å². The SMILES string of the molecule is Cn1ncc(COc2cc3[nH]c(CNC(=O)C4(C)CC4)cc3cc2F)n1. The summed E-state index contributed by atoms with van der Waals surface area (Å²) in [5.41, 5.74) is 1.99. The minimum atomic E-state index is -0.443. The van der Waals surface area contributed by atoms with Crippen LogP contribution in [0.3, 0.4) is 0 Å². The zero-order chi connectivity index (χ0) is 18.3. The van der Waals surface area contributed by atoms with Crippen LogP contribution in [-0.2, 0) is 25.0 Å². The lowest BCUT2D eigenvalue weighted by Crippen LogP contribution is -2.29. The van der Waals surface area contributed by atoms with Gasteiger partial charge in [0.25, 0.3) is 0 Å². The standard InChI is InChI=1S/C18H20FN5O2/c1-18(3-4-18)17(25)20-8-12-5-11-6-14(19)16(7-15(11)22-12)26-10-13-9-21-24(2)23-13/h5-7,9,22H,3-4,8,10H2,1-2H3,(H,20,25). The van der Waals surface area contributed by atoms with Crippen molar-refractivity contribution in [1.82, 2.24) is 25.3 Å². The van der Waals surface area contributed by atoms with Crippen molar-refractivity contribution < 1.29 is 13.9 Å². The Bertz CT molecular complexity index is 973. The summed E-state index contributed by atoms with van der Waals surface area (Å²) in [5.74, 6) is -0.233. The Labute approximate surface area is 149 Å². The summed E-state index contributed by atoms with van der Waals surface area (Å²) in [5, 5.41) is 11.7. The number of halogens is 1. The molecule has 3 aromatic rings. The van der Waals surface area contributed by atoms with E-state index in [2.05, 4.69) is 20.5 Å². The molecule has 0 bridgehead atoms. The molecule has 1 aromatic carbocycles. The molecule has 4 rings (SSSR count). The highest BCUT2D eigenvalue weighted by molar-refractivity contribution is 5.85. The number of amides is 1. The maximum absolute atomic E-state index is 14.3. The van der Waals surface area contributed by atoms with Crippen LogP contribution >= 0.6 is 0 Å². The van der Waals surface area contributed by atoms with E-state index in [1.165, 1.54) is 10.9 Å². The summed E-state index contributed by atoms with van der Waals surface area (Å²) >= 11 is 0. The highest BCUT2D eigenvalue weighted by atomic mass is 19.1. The molecule has 2 aromatic heterocycles. The minimum absolute atomic E-state index is 0.0651. The van der Waals surface area contributed by atoms with Crippen molar-refractivity contribution in [2.45, 2.75) is 32.9 Å². The monoisotopic (exact) mass is 357 g/mol. The number of nitrogens with zero attached hydrogens (tertiary/aromatic N) is 3. The fourth-order valence-corrected chi connectivity index (χ4v) is 2.81. The third-order valence-electron chi connectivity index (χ3n) is 4.74. The lowest BCUT2D eigenvalue weighted by Gasteiger charge is -2.08. The molecule has 136 valence electrons. The molecule has 1 aliphatic rings. The Morgan fingerprint density at radius 3 is 2.92 bits per heavy atom. The Balaban J connectivity index is 1.46. The van der Waals surface area contributed by atoms with Crippen LogP contribution in [0.25, 0.3) is 10.9 Å². The van der Waals surface area contributed by atoms with Gasteiger partial charge in [-0.1, -0.05) is 6.92 Å². The molecule has 0 spiro atoms. The number of aromatic nitrogens is 4. The first-order chi connectivity index (χ1) is 12.4. The molecule has 0 atom stereocenters. The van der Waals surface area contributed by atoms with Gasteiger partial charge in [0.2, 0.25) is 5.91 Å². The van der Waals surface area contributed by atoms with Gasteiger partial charge in [-0.05, 0) is 25.0 Å². The van der Waals surface area contributed by atoms with Crippen molar-refractivity contribution in [3.8, 4) is 5.75 Å². The first-order valence-electron chi connectivity index (χ1n) is 8.50. The van der Waals surface area contributed by atoms with Gasteiger partial charge in [0.1, 0.15) is 12.3 Å². The maximum Gasteiger partial charge on any atom is 0.226 e. The molecule has 0 radical (unpaired) electrons. The largest absolute Gasteiger partial charge is 0.484 e. The van der Waals surface area contributed by atoms with Crippen LogP contribution in [-0.4, -0.2) is 25.9 Å². The molecule has 2 N–H and O–H groups in total.